The average molecular weight is 224 g/mol. The van der Waals surface area contributed by atoms with E-state index < -0.39 is 0 Å². The summed E-state index contributed by atoms with van der Waals surface area (Å²) in [7, 11) is 0. The Morgan fingerprint density at radius 3 is 2.06 bits per heavy atom. The zero-order valence-corrected chi connectivity index (χ0v) is 11.8. The summed E-state index contributed by atoms with van der Waals surface area (Å²) < 4.78 is 0. The number of hydrogen-bond donors (Lipinski definition) is 0. The van der Waals surface area contributed by atoms with Gasteiger partial charge < -0.3 is 0 Å². The Morgan fingerprint density at radius 1 is 0.875 bits per heavy atom. The van der Waals surface area contributed by atoms with Gasteiger partial charge in [-0.15, -0.1) is 0 Å². The molecule has 1 aliphatic carbocycles. The van der Waals surface area contributed by atoms with Crippen molar-refractivity contribution in [1.82, 2.24) is 0 Å². The molecule has 0 radical (unpaired) electrons. The molecule has 2 atom stereocenters. The Kier molecular flexibility index (Phi) is 7.16. The molecule has 0 aromatic carbocycles. The molecular formula is C16H32. The summed E-state index contributed by atoms with van der Waals surface area (Å²) in [4.78, 5) is 0. The second-order valence-electron chi connectivity index (χ2n) is 6.28. The van der Waals surface area contributed by atoms with Gasteiger partial charge in [-0.25, -0.2) is 0 Å². The van der Waals surface area contributed by atoms with Gasteiger partial charge in [0, 0.05) is 0 Å². The fraction of sp³-hybridized carbons (Fsp3) is 1.00. The second-order valence-corrected chi connectivity index (χ2v) is 6.28. The van der Waals surface area contributed by atoms with Gasteiger partial charge in [0.2, 0.25) is 0 Å². The van der Waals surface area contributed by atoms with E-state index in [1.54, 1.807) is 0 Å². The van der Waals surface area contributed by atoms with Crippen LogP contribution in [0.1, 0.15) is 85.0 Å². The fourth-order valence-electron chi connectivity index (χ4n) is 3.12. The lowest BCUT2D eigenvalue weighted by atomic mass is 9.68. The summed E-state index contributed by atoms with van der Waals surface area (Å²) in [5.41, 5.74) is 0. The van der Waals surface area contributed by atoms with Crippen LogP contribution in [-0.4, -0.2) is 0 Å². The maximum atomic E-state index is 2.38. The molecule has 96 valence electrons. The molecule has 1 aliphatic rings. The molecule has 0 bridgehead atoms. The third kappa shape index (κ3) is 5.37. The van der Waals surface area contributed by atoms with E-state index in [-0.39, 0.29) is 0 Å². The first-order valence-electron chi connectivity index (χ1n) is 7.74. The minimum atomic E-state index is 0.914. The highest BCUT2D eigenvalue weighted by atomic mass is 14.4. The summed E-state index contributed by atoms with van der Waals surface area (Å²) >= 11 is 0. The van der Waals surface area contributed by atoms with Crippen LogP contribution in [0.4, 0.5) is 0 Å². The highest BCUT2D eigenvalue weighted by Gasteiger charge is 2.30. The Morgan fingerprint density at radius 2 is 1.50 bits per heavy atom. The maximum absolute atomic E-state index is 2.38. The normalized spacial score (nSPS) is 24.8. The van der Waals surface area contributed by atoms with Crippen molar-refractivity contribution < 1.29 is 0 Å². The fourth-order valence-corrected chi connectivity index (χ4v) is 3.12. The molecule has 2 unspecified atom stereocenters. The van der Waals surface area contributed by atoms with Crippen molar-refractivity contribution in [2.75, 3.05) is 0 Å². The van der Waals surface area contributed by atoms with E-state index in [1.807, 2.05) is 0 Å². The van der Waals surface area contributed by atoms with Gasteiger partial charge in [0.15, 0.2) is 0 Å². The van der Waals surface area contributed by atoms with Gasteiger partial charge in [-0.1, -0.05) is 65.7 Å². The molecule has 1 fully saturated rings. The quantitative estimate of drug-likeness (QED) is 0.434. The van der Waals surface area contributed by atoms with E-state index in [4.69, 9.17) is 0 Å². The van der Waals surface area contributed by atoms with E-state index in [9.17, 15) is 0 Å². The highest BCUT2D eigenvalue weighted by molar-refractivity contribution is 4.81. The lowest BCUT2D eigenvalue weighted by Gasteiger charge is -2.38. The SMILES string of the molecule is CCCCCCCCC1CCC1CC(C)C. The van der Waals surface area contributed by atoms with Gasteiger partial charge >= 0.3 is 0 Å². The summed E-state index contributed by atoms with van der Waals surface area (Å²) in [5.74, 6) is 3.11. The van der Waals surface area contributed by atoms with Crippen molar-refractivity contribution >= 4 is 0 Å². The molecular weight excluding hydrogens is 192 g/mol. The minimum absolute atomic E-state index is 0.914. The number of hydrogen-bond acceptors (Lipinski definition) is 0. The third-order valence-electron chi connectivity index (χ3n) is 4.28. The molecule has 16 heavy (non-hydrogen) atoms. The average Bonchev–Trinajstić information content (AvgIpc) is 2.23. The molecule has 0 aromatic heterocycles. The molecule has 0 spiro atoms. The zero-order chi connectivity index (χ0) is 11.8. The molecule has 0 aliphatic heterocycles. The second kappa shape index (κ2) is 8.14. The topological polar surface area (TPSA) is 0 Å². The van der Waals surface area contributed by atoms with E-state index in [0.29, 0.717) is 0 Å². The van der Waals surface area contributed by atoms with Crippen molar-refractivity contribution in [3.63, 3.8) is 0 Å². The standard InChI is InChI=1S/C16H32/c1-4-5-6-7-8-9-10-15-11-12-16(15)13-14(2)3/h14-16H,4-13H2,1-3H3. The van der Waals surface area contributed by atoms with Crippen LogP contribution in [0.25, 0.3) is 0 Å². The van der Waals surface area contributed by atoms with Crippen LogP contribution in [0.3, 0.4) is 0 Å². The Hall–Kier alpha value is 0. The van der Waals surface area contributed by atoms with Gasteiger partial charge in [0.25, 0.3) is 0 Å². The predicted octanol–water partition coefficient (Wildman–Crippen LogP) is 5.81. The summed E-state index contributed by atoms with van der Waals surface area (Å²) in [6, 6.07) is 0. The van der Waals surface area contributed by atoms with Crippen LogP contribution in [0.2, 0.25) is 0 Å². The van der Waals surface area contributed by atoms with Gasteiger partial charge in [0.1, 0.15) is 0 Å². The molecule has 0 N–H and O–H groups in total. The van der Waals surface area contributed by atoms with Gasteiger partial charge in [0.05, 0.1) is 0 Å². The molecule has 0 amide bonds. The first kappa shape index (κ1) is 14.1. The van der Waals surface area contributed by atoms with Crippen molar-refractivity contribution in [2.24, 2.45) is 17.8 Å². The van der Waals surface area contributed by atoms with Gasteiger partial charge in [-0.3, -0.25) is 0 Å². The highest BCUT2D eigenvalue weighted by Crippen LogP contribution is 2.41. The smallest absolute Gasteiger partial charge is 0.0383 e. The van der Waals surface area contributed by atoms with E-state index in [1.165, 1.54) is 64.2 Å². The van der Waals surface area contributed by atoms with E-state index in [0.717, 1.165) is 17.8 Å². The maximum Gasteiger partial charge on any atom is -0.0383 e. The van der Waals surface area contributed by atoms with Crippen molar-refractivity contribution in [2.45, 2.75) is 85.0 Å². The molecule has 0 heterocycles. The molecule has 0 heteroatoms. The number of unbranched alkanes of at least 4 members (excludes halogenated alkanes) is 5. The number of rotatable bonds is 9. The van der Waals surface area contributed by atoms with Crippen molar-refractivity contribution in [3.05, 3.63) is 0 Å². The van der Waals surface area contributed by atoms with Crippen LogP contribution in [-0.2, 0) is 0 Å². The zero-order valence-electron chi connectivity index (χ0n) is 11.8. The van der Waals surface area contributed by atoms with E-state index in [2.05, 4.69) is 20.8 Å². The first-order chi connectivity index (χ1) is 7.74. The molecule has 0 saturated heterocycles. The summed E-state index contributed by atoms with van der Waals surface area (Å²) in [5, 5.41) is 0. The third-order valence-corrected chi connectivity index (χ3v) is 4.28. The van der Waals surface area contributed by atoms with Crippen molar-refractivity contribution in [3.8, 4) is 0 Å². The largest absolute Gasteiger partial charge is 0.0654 e. The van der Waals surface area contributed by atoms with Crippen LogP contribution in [0.5, 0.6) is 0 Å². The van der Waals surface area contributed by atoms with Crippen LogP contribution >= 0.6 is 0 Å². The lowest BCUT2D eigenvalue weighted by molar-refractivity contribution is 0.133. The monoisotopic (exact) mass is 224 g/mol. The van der Waals surface area contributed by atoms with Crippen LogP contribution < -0.4 is 0 Å². The van der Waals surface area contributed by atoms with Gasteiger partial charge in [-0.2, -0.15) is 0 Å². The van der Waals surface area contributed by atoms with Crippen LogP contribution in [0, 0.1) is 17.8 Å². The first-order valence-corrected chi connectivity index (χ1v) is 7.74. The van der Waals surface area contributed by atoms with E-state index >= 15 is 0 Å². The summed E-state index contributed by atoms with van der Waals surface area (Å²) in [6.07, 6.45) is 14.8. The molecule has 1 rings (SSSR count). The lowest BCUT2D eigenvalue weighted by Crippen LogP contribution is -2.27. The van der Waals surface area contributed by atoms with Crippen LogP contribution in [0.15, 0.2) is 0 Å². The Labute approximate surface area is 103 Å². The molecule has 0 nitrogen and oxygen atoms in total. The Balaban J connectivity index is 1.93. The predicted molar refractivity (Wildman–Crippen MR) is 73.7 cm³/mol. The van der Waals surface area contributed by atoms with Crippen molar-refractivity contribution in [1.29, 1.82) is 0 Å². The molecule has 0 aromatic rings. The van der Waals surface area contributed by atoms with Gasteiger partial charge in [-0.05, 0) is 37.0 Å². The Bertz CT molecular complexity index is 159. The minimum Gasteiger partial charge on any atom is -0.0654 e. The summed E-state index contributed by atoms with van der Waals surface area (Å²) in [6.45, 7) is 7.05. The molecule has 1 saturated carbocycles.